The van der Waals surface area contributed by atoms with E-state index in [9.17, 15) is 13.2 Å². The molecular weight excluding hydrogens is 304 g/mol. The molecule has 1 aliphatic rings. The first-order valence-electron chi connectivity index (χ1n) is 6.15. The fraction of sp³-hybridized carbons (Fsp3) is 0.818. The molecule has 1 amide bonds. The number of nitrogens with zero attached hydrogens (tertiary/aromatic N) is 1. The van der Waals surface area contributed by atoms with E-state index in [-0.39, 0.29) is 10.9 Å². The van der Waals surface area contributed by atoms with Gasteiger partial charge >= 0.3 is 0 Å². The molecule has 1 aliphatic heterocycles. The topological polar surface area (TPSA) is 80.5 Å². The lowest BCUT2D eigenvalue weighted by Crippen LogP contribution is -2.53. The van der Waals surface area contributed by atoms with E-state index in [1.807, 2.05) is 6.92 Å². The van der Waals surface area contributed by atoms with Crippen molar-refractivity contribution in [1.29, 1.82) is 0 Å². The van der Waals surface area contributed by atoms with E-state index in [1.54, 1.807) is 11.8 Å². The predicted molar refractivity (Wildman–Crippen MR) is 82.9 cm³/mol. The highest BCUT2D eigenvalue weighted by atomic mass is 32.2. The molecule has 1 saturated heterocycles. The van der Waals surface area contributed by atoms with Crippen molar-refractivity contribution >= 4 is 44.7 Å². The second-order valence-electron chi connectivity index (χ2n) is 4.63. The molecule has 0 bridgehead atoms. The normalized spacial score (nSPS) is 22.0. The van der Waals surface area contributed by atoms with Gasteiger partial charge in [-0.2, -0.15) is 11.8 Å². The molecule has 0 radical (unpaired) electrons. The standard InChI is InChI=1S/C11H20N2O3S3/c1-3-4-8(10(12)17)11(14)13-5-6-18-7-9(13)19(2,15)16/h8-9H,3-7H2,1-2H3,(H2,12,17). The van der Waals surface area contributed by atoms with Crippen LogP contribution >= 0.6 is 24.0 Å². The van der Waals surface area contributed by atoms with Gasteiger partial charge in [0.2, 0.25) is 5.91 Å². The third-order valence-electron chi connectivity index (χ3n) is 3.08. The minimum atomic E-state index is -3.29. The van der Waals surface area contributed by atoms with E-state index in [1.165, 1.54) is 11.2 Å². The number of carbonyl (C=O) groups excluding carboxylic acids is 1. The van der Waals surface area contributed by atoms with Crippen LogP contribution in [0.1, 0.15) is 19.8 Å². The maximum atomic E-state index is 12.5. The second-order valence-corrected chi connectivity index (χ2v) is 8.46. The number of amides is 1. The maximum Gasteiger partial charge on any atom is 0.233 e. The largest absolute Gasteiger partial charge is 0.393 e. The lowest BCUT2D eigenvalue weighted by atomic mass is 10.0. The van der Waals surface area contributed by atoms with Crippen LogP contribution < -0.4 is 5.73 Å². The van der Waals surface area contributed by atoms with E-state index in [2.05, 4.69) is 0 Å². The fourth-order valence-electron chi connectivity index (χ4n) is 2.06. The number of hydrogen-bond donors (Lipinski definition) is 1. The Bertz CT molecular complexity index is 450. The van der Waals surface area contributed by atoms with E-state index in [4.69, 9.17) is 18.0 Å². The first-order valence-corrected chi connectivity index (χ1v) is 9.67. The third kappa shape index (κ3) is 4.32. The quantitative estimate of drug-likeness (QED) is 0.747. The predicted octanol–water partition coefficient (Wildman–Crippen LogP) is 0.635. The Morgan fingerprint density at radius 1 is 1.58 bits per heavy atom. The molecule has 0 aromatic rings. The molecule has 0 saturated carbocycles. The van der Waals surface area contributed by atoms with Gasteiger partial charge in [0.15, 0.2) is 9.84 Å². The van der Waals surface area contributed by atoms with Gasteiger partial charge in [0.05, 0.1) is 10.9 Å². The number of thioether (sulfide) groups is 1. The van der Waals surface area contributed by atoms with Crippen LogP contribution in [-0.4, -0.2) is 53.9 Å². The zero-order valence-electron chi connectivity index (χ0n) is 11.2. The third-order valence-corrected chi connectivity index (χ3v) is 6.01. The van der Waals surface area contributed by atoms with Crippen LogP contribution in [-0.2, 0) is 14.6 Å². The van der Waals surface area contributed by atoms with Gasteiger partial charge < -0.3 is 10.6 Å². The lowest BCUT2D eigenvalue weighted by molar-refractivity contribution is -0.133. The molecule has 110 valence electrons. The summed E-state index contributed by atoms with van der Waals surface area (Å²) in [6, 6.07) is 0. The van der Waals surface area contributed by atoms with Crippen molar-refractivity contribution in [1.82, 2.24) is 4.90 Å². The van der Waals surface area contributed by atoms with Crippen molar-refractivity contribution in [2.75, 3.05) is 24.3 Å². The van der Waals surface area contributed by atoms with Crippen LogP contribution in [0.5, 0.6) is 0 Å². The van der Waals surface area contributed by atoms with Gasteiger partial charge in [-0.3, -0.25) is 4.79 Å². The number of nitrogens with two attached hydrogens (primary N) is 1. The zero-order chi connectivity index (χ0) is 14.6. The van der Waals surface area contributed by atoms with Gasteiger partial charge in [0, 0.05) is 24.3 Å². The second kappa shape index (κ2) is 6.90. The number of sulfone groups is 1. The van der Waals surface area contributed by atoms with Crippen molar-refractivity contribution in [2.45, 2.75) is 25.1 Å². The van der Waals surface area contributed by atoms with E-state index >= 15 is 0 Å². The van der Waals surface area contributed by atoms with E-state index in [0.29, 0.717) is 18.7 Å². The number of hydrogen-bond acceptors (Lipinski definition) is 5. The van der Waals surface area contributed by atoms with Crippen LogP contribution in [0, 0.1) is 5.92 Å². The van der Waals surface area contributed by atoms with Crippen LogP contribution in [0.25, 0.3) is 0 Å². The molecule has 0 aromatic carbocycles. The number of rotatable bonds is 5. The molecule has 2 unspecified atom stereocenters. The maximum absolute atomic E-state index is 12.5. The van der Waals surface area contributed by atoms with E-state index in [0.717, 1.165) is 12.2 Å². The van der Waals surface area contributed by atoms with Crippen molar-refractivity contribution in [3.8, 4) is 0 Å². The Morgan fingerprint density at radius 2 is 2.21 bits per heavy atom. The molecule has 0 aromatic heterocycles. The highest BCUT2D eigenvalue weighted by Crippen LogP contribution is 2.23. The number of carbonyl (C=O) groups is 1. The average Bonchev–Trinajstić information content (AvgIpc) is 2.33. The van der Waals surface area contributed by atoms with Crippen LogP contribution in [0.15, 0.2) is 0 Å². The smallest absolute Gasteiger partial charge is 0.233 e. The first-order chi connectivity index (χ1) is 8.79. The van der Waals surface area contributed by atoms with E-state index < -0.39 is 21.1 Å². The molecule has 5 nitrogen and oxygen atoms in total. The molecule has 2 N–H and O–H groups in total. The van der Waals surface area contributed by atoms with Crippen molar-refractivity contribution in [2.24, 2.45) is 11.7 Å². The highest BCUT2D eigenvalue weighted by molar-refractivity contribution is 8.00. The van der Waals surface area contributed by atoms with Gasteiger partial charge in [-0.05, 0) is 6.42 Å². The molecule has 19 heavy (non-hydrogen) atoms. The minimum absolute atomic E-state index is 0.150. The summed E-state index contributed by atoms with van der Waals surface area (Å²) in [5.74, 6) is 0.367. The summed E-state index contributed by atoms with van der Waals surface area (Å²) in [6.45, 7) is 2.38. The molecule has 8 heteroatoms. The molecule has 1 fully saturated rings. The summed E-state index contributed by atoms with van der Waals surface area (Å²) in [6.07, 6.45) is 2.51. The Kier molecular flexibility index (Phi) is 6.07. The minimum Gasteiger partial charge on any atom is -0.393 e. The summed E-state index contributed by atoms with van der Waals surface area (Å²) >= 11 is 6.48. The van der Waals surface area contributed by atoms with Crippen LogP contribution in [0.2, 0.25) is 0 Å². The summed E-state index contributed by atoms with van der Waals surface area (Å²) in [4.78, 5) is 14.1. The monoisotopic (exact) mass is 324 g/mol. The number of thiocarbonyl (C=S) groups is 1. The van der Waals surface area contributed by atoms with Gasteiger partial charge in [-0.1, -0.05) is 25.6 Å². The summed E-state index contributed by atoms with van der Waals surface area (Å²) in [5, 5.41) is -0.757. The summed E-state index contributed by atoms with van der Waals surface area (Å²) in [5.41, 5.74) is 5.61. The first kappa shape index (κ1) is 16.7. The lowest BCUT2D eigenvalue weighted by Gasteiger charge is -2.36. The summed E-state index contributed by atoms with van der Waals surface area (Å²) < 4.78 is 23.6. The van der Waals surface area contributed by atoms with Crippen LogP contribution in [0.3, 0.4) is 0 Å². The average molecular weight is 324 g/mol. The Balaban J connectivity index is 2.96. The van der Waals surface area contributed by atoms with Crippen molar-refractivity contribution < 1.29 is 13.2 Å². The SMILES string of the molecule is CCCC(C(=O)N1CCSCC1S(C)(=O)=O)C(N)=S. The van der Waals surface area contributed by atoms with Gasteiger partial charge in [-0.25, -0.2) is 8.42 Å². The Labute approximate surface area is 124 Å². The molecule has 0 spiro atoms. The van der Waals surface area contributed by atoms with Gasteiger partial charge in [0.25, 0.3) is 0 Å². The highest BCUT2D eigenvalue weighted by Gasteiger charge is 2.37. The van der Waals surface area contributed by atoms with Gasteiger partial charge in [-0.15, -0.1) is 0 Å². The van der Waals surface area contributed by atoms with Gasteiger partial charge in [0.1, 0.15) is 5.37 Å². The van der Waals surface area contributed by atoms with Crippen molar-refractivity contribution in [3.05, 3.63) is 0 Å². The Morgan fingerprint density at radius 3 is 2.68 bits per heavy atom. The Hall–Kier alpha value is -0.340. The zero-order valence-corrected chi connectivity index (χ0v) is 13.6. The molecule has 1 heterocycles. The molecule has 1 rings (SSSR count). The van der Waals surface area contributed by atoms with Crippen molar-refractivity contribution in [3.63, 3.8) is 0 Å². The van der Waals surface area contributed by atoms with Crippen LogP contribution in [0.4, 0.5) is 0 Å². The molecule has 2 atom stereocenters. The fourth-order valence-corrected chi connectivity index (χ4v) is 5.11. The molecular formula is C11H20N2O3S3. The summed E-state index contributed by atoms with van der Waals surface area (Å²) in [7, 11) is -3.29. The molecule has 0 aliphatic carbocycles.